The topological polar surface area (TPSA) is 32.7 Å². The molecule has 0 spiro atoms. The first-order chi connectivity index (χ1) is 12.2. The second kappa shape index (κ2) is 9.14. The van der Waals surface area contributed by atoms with Gasteiger partial charge in [-0.2, -0.15) is 0 Å². The van der Waals surface area contributed by atoms with Crippen LogP contribution in [0.25, 0.3) is 0 Å². The first kappa shape index (κ1) is 18.1. The van der Waals surface area contributed by atoms with E-state index in [9.17, 15) is 5.11 Å². The predicted molar refractivity (Wildman–Crippen MR) is 102 cm³/mol. The van der Waals surface area contributed by atoms with Crippen molar-refractivity contribution in [3.05, 3.63) is 71.3 Å². The number of aliphatic hydroxyl groups excluding tert-OH is 1. The number of benzene rings is 2. The number of hydrogen-bond donors (Lipinski definition) is 1. The Morgan fingerprint density at radius 2 is 1.64 bits per heavy atom. The third kappa shape index (κ3) is 5.15. The predicted octanol–water partition coefficient (Wildman–Crippen LogP) is 3.95. The molecule has 3 rings (SSSR count). The average Bonchev–Trinajstić information content (AvgIpc) is 2.65. The highest BCUT2D eigenvalue weighted by Crippen LogP contribution is 2.28. The number of rotatable bonds is 7. The number of β-amino-alcohol motifs (C(OH)–C–C–N with tert-alkyl or cyclic N) is 1. The number of nitrogens with zero attached hydrogens (tertiary/aromatic N) is 1. The second-order valence-electron chi connectivity index (χ2n) is 7.00. The van der Waals surface area contributed by atoms with Crippen LogP contribution >= 0.6 is 0 Å². The van der Waals surface area contributed by atoms with Gasteiger partial charge >= 0.3 is 0 Å². The van der Waals surface area contributed by atoms with Crippen LogP contribution in [0.15, 0.2) is 54.6 Å². The molecule has 1 heterocycles. The van der Waals surface area contributed by atoms with Crippen LogP contribution in [0.5, 0.6) is 0 Å². The molecule has 1 fully saturated rings. The van der Waals surface area contributed by atoms with E-state index in [0.717, 1.165) is 18.7 Å². The minimum atomic E-state index is -0.451. The van der Waals surface area contributed by atoms with Crippen LogP contribution < -0.4 is 0 Å². The molecule has 0 aliphatic carbocycles. The SMILES string of the molecule is Cc1ccccc1[C@H](OC[C@@H](O)CN1CCCCC1)c1ccccc1. The summed E-state index contributed by atoms with van der Waals surface area (Å²) in [6.45, 7) is 5.35. The summed E-state index contributed by atoms with van der Waals surface area (Å²) in [5, 5.41) is 10.4. The Balaban J connectivity index is 1.67. The van der Waals surface area contributed by atoms with Gasteiger partial charge in [-0.25, -0.2) is 0 Å². The van der Waals surface area contributed by atoms with E-state index in [4.69, 9.17) is 4.74 Å². The molecular formula is C22H29NO2. The van der Waals surface area contributed by atoms with Crippen molar-refractivity contribution >= 4 is 0 Å². The molecule has 25 heavy (non-hydrogen) atoms. The Morgan fingerprint density at radius 1 is 0.960 bits per heavy atom. The van der Waals surface area contributed by atoms with Crippen LogP contribution in [-0.2, 0) is 4.74 Å². The molecule has 0 saturated carbocycles. The third-order valence-corrected chi connectivity index (χ3v) is 4.95. The van der Waals surface area contributed by atoms with E-state index in [1.165, 1.54) is 30.4 Å². The van der Waals surface area contributed by atoms with E-state index in [-0.39, 0.29) is 6.10 Å². The molecule has 0 bridgehead atoms. The van der Waals surface area contributed by atoms with Crippen molar-refractivity contribution < 1.29 is 9.84 Å². The van der Waals surface area contributed by atoms with Crippen molar-refractivity contribution in [3.8, 4) is 0 Å². The number of aryl methyl sites for hydroxylation is 1. The zero-order valence-corrected chi connectivity index (χ0v) is 15.1. The van der Waals surface area contributed by atoms with Crippen molar-refractivity contribution in [2.75, 3.05) is 26.2 Å². The Bertz CT molecular complexity index is 637. The first-order valence-corrected chi connectivity index (χ1v) is 9.36. The average molecular weight is 339 g/mol. The molecule has 1 saturated heterocycles. The van der Waals surface area contributed by atoms with Gasteiger partial charge in [-0.05, 0) is 49.5 Å². The summed E-state index contributed by atoms with van der Waals surface area (Å²) in [5.41, 5.74) is 3.50. The normalized spacial score (nSPS) is 18.0. The number of hydrogen-bond acceptors (Lipinski definition) is 3. The fourth-order valence-corrected chi connectivity index (χ4v) is 3.57. The molecule has 1 N–H and O–H groups in total. The highest BCUT2D eigenvalue weighted by atomic mass is 16.5. The van der Waals surface area contributed by atoms with Gasteiger partial charge in [0.15, 0.2) is 0 Å². The van der Waals surface area contributed by atoms with Crippen molar-refractivity contribution in [2.24, 2.45) is 0 Å². The van der Waals surface area contributed by atoms with Crippen molar-refractivity contribution in [1.29, 1.82) is 0 Å². The van der Waals surface area contributed by atoms with Crippen molar-refractivity contribution in [2.45, 2.75) is 38.4 Å². The van der Waals surface area contributed by atoms with Gasteiger partial charge in [-0.3, -0.25) is 0 Å². The molecule has 2 atom stereocenters. The lowest BCUT2D eigenvalue weighted by molar-refractivity contribution is -0.0106. The van der Waals surface area contributed by atoms with Gasteiger partial charge in [0.25, 0.3) is 0 Å². The zero-order chi connectivity index (χ0) is 17.5. The Morgan fingerprint density at radius 3 is 2.36 bits per heavy atom. The fourth-order valence-electron chi connectivity index (χ4n) is 3.57. The monoisotopic (exact) mass is 339 g/mol. The Labute approximate surface area is 151 Å². The molecule has 2 aromatic carbocycles. The summed E-state index contributed by atoms with van der Waals surface area (Å²) < 4.78 is 6.22. The van der Waals surface area contributed by atoms with Crippen molar-refractivity contribution in [1.82, 2.24) is 4.90 Å². The van der Waals surface area contributed by atoms with Crippen LogP contribution in [0.2, 0.25) is 0 Å². The van der Waals surface area contributed by atoms with Gasteiger partial charge < -0.3 is 14.7 Å². The van der Waals surface area contributed by atoms with Gasteiger partial charge in [-0.15, -0.1) is 0 Å². The molecule has 3 heteroatoms. The third-order valence-electron chi connectivity index (χ3n) is 4.95. The molecule has 134 valence electrons. The van der Waals surface area contributed by atoms with Crippen LogP contribution in [-0.4, -0.2) is 42.4 Å². The van der Waals surface area contributed by atoms with Gasteiger partial charge in [-0.1, -0.05) is 61.0 Å². The van der Waals surface area contributed by atoms with E-state index >= 15 is 0 Å². The van der Waals surface area contributed by atoms with Crippen LogP contribution in [0.1, 0.15) is 42.1 Å². The van der Waals surface area contributed by atoms with Crippen LogP contribution in [0, 0.1) is 6.92 Å². The molecule has 0 aromatic heterocycles. The number of ether oxygens (including phenoxy) is 1. The standard InChI is InChI=1S/C22H29NO2/c1-18-10-6-7-13-21(18)22(19-11-4-2-5-12-19)25-17-20(24)16-23-14-8-3-9-15-23/h2,4-7,10-13,20,22,24H,3,8-9,14-17H2,1H3/t20-,22+/m0/s1. The maximum atomic E-state index is 10.4. The quantitative estimate of drug-likeness (QED) is 0.829. The summed E-state index contributed by atoms with van der Waals surface area (Å²) in [7, 11) is 0. The lowest BCUT2D eigenvalue weighted by Gasteiger charge is -2.29. The fraction of sp³-hybridized carbons (Fsp3) is 0.455. The Hall–Kier alpha value is -1.68. The van der Waals surface area contributed by atoms with Gasteiger partial charge in [0.2, 0.25) is 0 Å². The molecule has 0 amide bonds. The largest absolute Gasteiger partial charge is 0.389 e. The zero-order valence-electron chi connectivity index (χ0n) is 15.1. The minimum absolute atomic E-state index is 0.140. The van der Waals surface area contributed by atoms with E-state index in [1.807, 2.05) is 30.3 Å². The molecule has 2 aromatic rings. The molecule has 1 aliphatic heterocycles. The van der Waals surface area contributed by atoms with E-state index in [1.54, 1.807) is 0 Å². The van der Waals surface area contributed by atoms with E-state index < -0.39 is 6.10 Å². The Kier molecular flexibility index (Phi) is 6.62. The van der Waals surface area contributed by atoms with Gasteiger partial charge in [0, 0.05) is 6.54 Å². The van der Waals surface area contributed by atoms with E-state index in [2.05, 4.69) is 36.1 Å². The summed E-state index contributed by atoms with van der Waals surface area (Å²) in [4.78, 5) is 2.35. The highest BCUT2D eigenvalue weighted by Gasteiger charge is 2.20. The maximum Gasteiger partial charge on any atom is 0.108 e. The number of piperidine rings is 1. The smallest absolute Gasteiger partial charge is 0.108 e. The summed E-state index contributed by atoms with van der Waals surface area (Å²) in [6, 6.07) is 18.6. The molecule has 0 unspecified atom stereocenters. The van der Waals surface area contributed by atoms with Gasteiger partial charge in [0.05, 0.1) is 12.7 Å². The van der Waals surface area contributed by atoms with Gasteiger partial charge in [0.1, 0.15) is 6.10 Å². The number of likely N-dealkylation sites (tertiary alicyclic amines) is 1. The van der Waals surface area contributed by atoms with Crippen LogP contribution in [0.3, 0.4) is 0 Å². The van der Waals surface area contributed by atoms with E-state index in [0.29, 0.717) is 13.2 Å². The second-order valence-corrected chi connectivity index (χ2v) is 7.00. The lowest BCUT2D eigenvalue weighted by atomic mass is 9.97. The first-order valence-electron chi connectivity index (χ1n) is 9.36. The highest BCUT2D eigenvalue weighted by molar-refractivity contribution is 5.35. The maximum absolute atomic E-state index is 10.4. The summed E-state index contributed by atoms with van der Waals surface area (Å²) in [6.07, 6.45) is 3.20. The summed E-state index contributed by atoms with van der Waals surface area (Å²) in [5.74, 6) is 0. The summed E-state index contributed by atoms with van der Waals surface area (Å²) >= 11 is 0. The number of aliphatic hydroxyl groups is 1. The molecule has 3 nitrogen and oxygen atoms in total. The minimum Gasteiger partial charge on any atom is -0.389 e. The molecule has 1 aliphatic rings. The lowest BCUT2D eigenvalue weighted by Crippen LogP contribution is -2.38. The molecule has 0 radical (unpaired) electrons. The molecular weight excluding hydrogens is 310 g/mol. The van der Waals surface area contributed by atoms with Crippen molar-refractivity contribution in [3.63, 3.8) is 0 Å². The van der Waals surface area contributed by atoms with Crippen LogP contribution in [0.4, 0.5) is 0 Å².